The fourth-order valence-electron chi connectivity index (χ4n) is 3.46. The molecule has 0 amide bonds. The van der Waals surface area contributed by atoms with Crippen molar-refractivity contribution >= 4 is 46.5 Å². The van der Waals surface area contributed by atoms with E-state index in [0.29, 0.717) is 17.8 Å². The second-order valence-electron chi connectivity index (χ2n) is 9.25. The van der Waals surface area contributed by atoms with E-state index in [0.717, 1.165) is 46.7 Å². The first-order chi connectivity index (χ1) is 12.6. The Bertz CT molecular complexity index is 806. The zero-order valence-electron chi connectivity index (χ0n) is 17.1. The van der Waals surface area contributed by atoms with Crippen molar-refractivity contribution in [3.05, 3.63) is 28.9 Å². The Labute approximate surface area is 172 Å². The van der Waals surface area contributed by atoms with Crippen molar-refractivity contribution in [3.8, 4) is 0 Å². The number of benzene rings is 1. The van der Waals surface area contributed by atoms with Crippen LogP contribution in [-0.4, -0.2) is 25.4 Å². The van der Waals surface area contributed by atoms with E-state index in [4.69, 9.17) is 10.2 Å². The van der Waals surface area contributed by atoms with Gasteiger partial charge in [0.05, 0.1) is 23.1 Å². The third-order valence-electron chi connectivity index (χ3n) is 6.15. The molecule has 2 aromatic rings. The Balaban J connectivity index is 1.67. The molecular weight excluding hydrogens is 418 g/mol. The third kappa shape index (κ3) is 4.66. The molecule has 4 nitrogen and oxygen atoms in total. The molecule has 0 spiro atoms. The monoisotopic (exact) mass is 449 g/mol. The fourth-order valence-corrected chi connectivity index (χ4v) is 5.25. The fraction of sp³-hybridized carbons (Fsp3) is 0.571. The number of nitrogens with one attached hydrogen (secondary N) is 1. The van der Waals surface area contributed by atoms with Crippen LogP contribution in [0.2, 0.25) is 18.1 Å². The Hall–Kier alpha value is -1.11. The quantitative estimate of drug-likeness (QED) is 0.535. The van der Waals surface area contributed by atoms with Gasteiger partial charge in [0.15, 0.2) is 8.32 Å². The van der Waals surface area contributed by atoms with Crippen molar-refractivity contribution in [2.75, 3.05) is 11.1 Å². The highest BCUT2D eigenvalue weighted by atomic mass is 79.9. The number of nitrogens with two attached hydrogens (primary N) is 1. The first kappa shape index (κ1) is 20.6. The van der Waals surface area contributed by atoms with Crippen molar-refractivity contribution in [3.63, 3.8) is 0 Å². The lowest BCUT2D eigenvalue weighted by Crippen LogP contribution is -2.45. The standard InChI is InChI=1S/C21H32BrN3OSi/c1-21(2,3)27(4,5)26-16-9-7-15(8-10-16)25-20-17-12-14(22)6-11-19(17)24-13-18(20)23/h6,11-13,15-16H,7-10,23H2,1-5H3,(H,24,25). The average Bonchev–Trinajstić information content (AvgIpc) is 2.58. The molecule has 3 rings (SSSR count). The lowest BCUT2D eigenvalue weighted by atomic mass is 9.93. The summed E-state index contributed by atoms with van der Waals surface area (Å²) in [6, 6.07) is 6.55. The number of nitrogens with zero attached hydrogens (tertiary/aromatic N) is 1. The Morgan fingerprint density at radius 2 is 1.85 bits per heavy atom. The molecule has 1 aromatic heterocycles. The Morgan fingerprint density at radius 3 is 2.48 bits per heavy atom. The summed E-state index contributed by atoms with van der Waals surface area (Å²) in [5, 5.41) is 5.04. The predicted octanol–water partition coefficient (Wildman–Crippen LogP) is 6.32. The van der Waals surface area contributed by atoms with Crippen LogP contribution in [0.1, 0.15) is 46.5 Å². The van der Waals surface area contributed by atoms with Gasteiger partial charge in [-0.05, 0) is 62.0 Å². The molecule has 3 N–H and O–H groups in total. The molecule has 0 bridgehead atoms. The van der Waals surface area contributed by atoms with Crippen LogP contribution in [0.4, 0.5) is 11.4 Å². The Kier molecular flexibility index (Phi) is 5.90. The molecule has 0 saturated heterocycles. The average molecular weight is 450 g/mol. The molecule has 1 aliphatic rings. The van der Waals surface area contributed by atoms with Gasteiger partial charge < -0.3 is 15.5 Å². The maximum Gasteiger partial charge on any atom is 0.192 e. The number of pyridine rings is 1. The SMILES string of the molecule is CC(C)(C)[Si](C)(C)OC1CCC(Nc2c(N)cnc3ccc(Br)cc23)CC1. The van der Waals surface area contributed by atoms with E-state index in [-0.39, 0.29) is 5.04 Å². The number of hydrogen-bond acceptors (Lipinski definition) is 4. The first-order valence-electron chi connectivity index (χ1n) is 9.85. The van der Waals surface area contributed by atoms with Crippen LogP contribution < -0.4 is 11.1 Å². The number of aromatic nitrogens is 1. The van der Waals surface area contributed by atoms with E-state index < -0.39 is 8.32 Å². The van der Waals surface area contributed by atoms with Gasteiger partial charge in [-0.15, -0.1) is 0 Å². The molecule has 0 unspecified atom stereocenters. The van der Waals surface area contributed by atoms with E-state index in [1.54, 1.807) is 6.20 Å². The van der Waals surface area contributed by atoms with E-state index >= 15 is 0 Å². The normalized spacial score (nSPS) is 21.4. The number of nitrogen functional groups attached to an aromatic ring is 1. The number of hydrogen-bond donors (Lipinski definition) is 2. The second kappa shape index (κ2) is 7.72. The van der Waals surface area contributed by atoms with Gasteiger partial charge in [-0.1, -0.05) is 36.7 Å². The van der Waals surface area contributed by atoms with Gasteiger partial charge in [0.1, 0.15) is 0 Å². The lowest BCUT2D eigenvalue weighted by Gasteiger charge is -2.41. The topological polar surface area (TPSA) is 60.2 Å². The van der Waals surface area contributed by atoms with Gasteiger partial charge in [0.25, 0.3) is 0 Å². The Morgan fingerprint density at radius 1 is 1.19 bits per heavy atom. The van der Waals surface area contributed by atoms with E-state index in [1.807, 2.05) is 12.1 Å². The molecule has 1 saturated carbocycles. The van der Waals surface area contributed by atoms with E-state index in [9.17, 15) is 0 Å². The maximum absolute atomic E-state index is 6.62. The van der Waals surface area contributed by atoms with Crippen molar-refractivity contribution in [1.29, 1.82) is 0 Å². The molecule has 0 radical (unpaired) electrons. The van der Waals surface area contributed by atoms with Gasteiger partial charge >= 0.3 is 0 Å². The van der Waals surface area contributed by atoms with Crippen LogP contribution in [0.3, 0.4) is 0 Å². The van der Waals surface area contributed by atoms with Gasteiger partial charge in [0.2, 0.25) is 0 Å². The minimum atomic E-state index is -1.69. The molecule has 1 heterocycles. The summed E-state index contributed by atoms with van der Waals surface area (Å²) in [6.07, 6.45) is 6.58. The second-order valence-corrected chi connectivity index (χ2v) is 14.9. The summed E-state index contributed by atoms with van der Waals surface area (Å²) in [5.74, 6) is 0. The van der Waals surface area contributed by atoms with E-state index in [2.05, 4.69) is 66.2 Å². The maximum atomic E-state index is 6.62. The van der Waals surface area contributed by atoms with Crippen molar-refractivity contribution < 1.29 is 4.43 Å². The van der Waals surface area contributed by atoms with Crippen LogP contribution in [0, 0.1) is 0 Å². The number of fused-ring (bicyclic) bond motifs is 1. The van der Waals surface area contributed by atoms with Crippen LogP contribution >= 0.6 is 15.9 Å². The van der Waals surface area contributed by atoms with Gasteiger partial charge in [0, 0.05) is 22.0 Å². The highest BCUT2D eigenvalue weighted by molar-refractivity contribution is 9.10. The van der Waals surface area contributed by atoms with Gasteiger partial charge in [-0.3, -0.25) is 4.98 Å². The summed E-state index contributed by atoms with van der Waals surface area (Å²) >= 11 is 3.56. The molecule has 148 valence electrons. The molecule has 1 aliphatic carbocycles. The number of anilines is 2. The number of rotatable bonds is 4. The zero-order valence-corrected chi connectivity index (χ0v) is 19.7. The first-order valence-corrected chi connectivity index (χ1v) is 13.5. The largest absolute Gasteiger partial charge is 0.414 e. The van der Waals surface area contributed by atoms with E-state index in [1.165, 1.54) is 0 Å². The minimum absolute atomic E-state index is 0.264. The summed E-state index contributed by atoms with van der Waals surface area (Å²) in [6.45, 7) is 11.6. The molecule has 1 aromatic carbocycles. The molecular formula is C21H32BrN3OSi. The molecule has 0 atom stereocenters. The summed E-state index contributed by atoms with van der Waals surface area (Å²) in [5.41, 5.74) is 8.93. The molecule has 27 heavy (non-hydrogen) atoms. The number of halogens is 1. The minimum Gasteiger partial charge on any atom is -0.414 e. The predicted molar refractivity (Wildman–Crippen MR) is 122 cm³/mol. The smallest absolute Gasteiger partial charge is 0.192 e. The van der Waals surface area contributed by atoms with Crippen LogP contribution in [0.5, 0.6) is 0 Å². The summed E-state index contributed by atoms with van der Waals surface area (Å²) in [7, 11) is -1.69. The highest BCUT2D eigenvalue weighted by Gasteiger charge is 2.39. The molecule has 6 heteroatoms. The van der Waals surface area contributed by atoms with Crippen LogP contribution in [0.25, 0.3) is 10.9 Å². The summed E-state index contributed by atoms with van der Waals surface area (Å²) < 4.78 is 7.66. The van der Waals surface area contributed by atoms with Gasteiger partial charge in [-0.25, -0.2) is 0 Å². The van der Waals surface area contributed by atoms with Crippen LogP contribution in [0.15, 0.2) is 28.9 Å². The van der Waals surface area contributed by atoms with Crippen molar-refractivity contribution in [2.45, 2.75) is 76.7 Å². The highest BCUT2D eigenvalue weighted by Crippen LogP contribution is 2.39. The lowest BCUT2D eigenvalue weighted by molar-refractivity contribution is 0.133. The van der Waals surface area contributed by atoms with Crippen molar-refractivity contribution in [1.82, 2.24) is 4.98 Å². The molecule has 1 fully saturated rings. The van der Waals surface area contributed by atoms with Gasteiger partial charge in [-0.2, -0.15) is 0 Å². The van der Waals surface area contributed by atoms with Crippen molar-refractivity contribution in [2.24, 2.45) is 0 Å². The van der Waals surface area contributed by atoms with Crippen LogP contribution in [-0.2, 0) is 4.43 Å². The zero-order chi connectivity index (χ0) is 19.8. The summed E-state index contributed by atoms with van der Waals surface area (Å²) in [4.78, 5) is 4.45. The third-order valence-corrected chi connectivity index (χ3v) is 11.2. The molecule has 0 aliphatic heterocycles.